The van der Waals surface area contributed by atoms with Crippen molar-refractivity contribution in [3.8, 4) is 5.75 Å². The molecule has 0 atom stereocenters. The Hall–Kier alpha value is -2.01. The van der Waals surface area contributed by atoms with Gasteiger partial charge in [0, 0.05) is 15.7 Å². The molecule has 0 saturated heterocycles. The zero-order valence-corrected chi connectivity index (χ0v) is 12.8. The maximum Gasteiger partial charge on any atom is 0.255 e. The fourth-order valence-corrected chi connectivity index (χ4v) is 2.30. The molecule has 0 bridgehead atoms. The summed E-state index contributed by atoms with van der Waals surface area (Å²) in [4.78, 5) is 12.2. The highest BCUT2D eigenvalue weighted by Gasteiger charge is 2.10. The van der Waals surface area contributed by atoms with Crippen molar-refractivity contribution >= 4 is 33.2 Å². The number of methoxy groups -OCH3 is 1. The van der Waals surface area contributed by atoms with E-state index in [-0.39, 0.29) is 5.91 Å². The quantitative estimate of drug-likeness (QED) is 0.843. The summed E-state index contributed by atoms with van der Waals surface area (Å²) in [5.41, 5.74) is 8.61. The van der Waals surface area contributed by atoms with Crippen molar-refractivity contribution in [1.29, 1.82) is 0 Å². The minimum atomic E-state index is -0.215. The Balaban J connectivity index is 2.25. The van der Waals surface area contributed by atoms with Gasteiger partial charge in [-0.25, -0.2) is 0 Å². The number of carbonyl (C=O) groups excluding carboxylic acids is 1. The molecule has 0 radical (unpaired) electrons. The number of hydrogen-bond donors (Lipinski definition) is 2. The minimum absolute atomic E-state index is 0.215. The van der Waals surface area contributed by atoms with Crippen LogP contribution >= 0.6 is 15.9 Å². The molecule has 1 amide bonds. The first kappa shape index (κ1) is 14.4. The van der Waals surface area contributed by atoms with Crippen LogP contribution in [0.25, 0.3) is 0 Å². The number of nitrogen functional groups attached to an aromatic ring is 1. The molecule has 104 valence electrons. The van der Waals surface area contributed by atoms with Gasteiger partial charge in [-0.2, -0.15) is 0 Å². The van der Waals surface area contributed by atoms with Gasteiger partial charge in [0.2, 0.25) is 0 Å². The van der Waals surface area contributed by atoms with Crippen molar-refractivity contribution in [2.45, 2.75) is 6.92 Å². The molecule has 2 aromatic rings. The number of carbonyl (C=O) groups is 1. The van der Waals surface area contributed by atoms with Crippen molar-refractivity contribution in [1.82, 2.24) is 0 Å². The minimum Gasteiger partial charge on any atom is -0.497 e. The van der Waals surface area contributed by atoms with Gasteiger partial charge in [0.25, 0.3) is 5.91 Å². The number of ether oxygens (including phenoxy) is 1. The van der Waals surface area contributed by atoms with Crippen molar-refractivity contribution in [2.24, 2.45) is 0 Å². The monoisotopic (exact) mass is 334 g/mol. The summed E-state index contributed by atoms with van der Waals surface area (Å²) in [6.07, 6.45) is 0. The van der Waals surface area contributed by atoms with Gasteiger partial charge < -0.3 is 15.8 Å². The summed E-state index contributed by atoms with van der Waals surface area (Å²) in [5, 5.41) is 2.82. The van der Waals surface area contributed by atoms with Gasteiger partial charge in [-0.05, 0) is 58.7 Å². The van der Waals surface area contributed by atoms with Gasteiger partial charge in [0.1, 0.15) is 5.75 Å². The molecular weight excluding hydrogens is 320 g/mol. The predicted octanol–water partition coefficient (Wildman–Crippen LogP) is 3.60. The third-order valence-electron chi connectivity index (χ3n) is 2.94. The normalized spacial score (nSPS) is 10.2. The SMILES string of the molecule is COc1cccc(C(=O)Nc2cc(N)c(C)cc2Br)c1. The van der Waals surface area contributed by atoms with Crippen LogP contribution in [0.15, 0.2) is 40.9 Å². The van der Waals surface area contributed by atoms with Crippen LogP contribution in [0.2, 0.25) is 0 Å². The summed E-state index contributed by atoms with van der Waals surface area (Å²) >= 11 is 3.42. The van der Waals surface area contributed by atoms with E-state index in [2.05, 4.69) is 21.2 Å². The zero-order chi connectivity index (χ0) is 14.7. The van der Waals surface area contributed by atoms with Crippen LogP contribution in [0.5, 0.6) is 5.75 Å². The van der Waals surface area contributed by atoms with Crippen molar-refractivity contribution in [3.05, 3.63) is 52.0 Å². The van der Waals surface area contributed by atoms with Crippen LogP contribution in [-0.2, 0) is 0 Å². The van der Waals surface area contributed by atoms with E-state index in [9.17, 15) is 4.79 Å². The molecule has 0 aliphatic rings. The lowest BCUT2D eigenvalue weighted by molar-refractivity contribution is 0.102. The third-order valence-corrected chi connectivity index (χ3v) is 3.59. The average Bonchev–Trinajstić information content (AvgIpc) is 2.44. The maximum atomic E-state index is 12.2. The van der Waals surface area contributed by atoms with E-state index in [0.717, 1.165) is 10.0 Å². The molecule has 0 heterocycles. The summed E-state index contributed by atoms with van der Waals surface area (Å²) in [7, 11) is 1.56. The molecule has 0 aliphatic heterocycles. The molecule has 0 aliphatic carbocycles. The number of benzene rings is 2. The topological polar surface area (TPSA) is 64.3 Å². The molecule has 20 heavy (non-hydrogen) atoms. The van der Waals surface area contributed by atoms with Gasteiger partial charge in [0.15, 0.2) is 0 Å². The molecule has 0 aromatic heterocycles. The van der Waals surface area contributed by atoms with Gasteiger partial charge in [-0.15, -0.1) is 0 Å². The molecule has 2 aromatic carbocycles. The molecule has 0 fully saturated rings. The van der Waals surface area contributed by atoms with Gasteiger partial charge >= 0.3 is 0 Å². The number of amides is 1. The first-order chi connectivity index (χ1) is 9.51. The van der Waals surface area contributed by atoms with Gasteiger partial charge in [0.05, 0.1) is 12.8 Å². The number of anilines is 2. The Morgan fingerprint density at radius 2 is 2.05 bits per heavy atom. The molecular formula is C15H15BrN2O2. The molecule has 0 unspecified atom stereocenters. The van der Waals surface area contributed by atoms with Crippen LogP contribution in [-0.4, -0.2) is 13.0 Å². The number of hydrogen-bond acceptors (Lipinski definition) is 3. The fraction of sp³-hybridized carbons (Fsp3) is 0.133. The second-order valence-electron chi connectivity index (χ2n) is 4.37. The highest BCUT2D eigenvalue weighted by Crippen LogP contribution is 2.28. The number of aryl methyl sites for hydroxylation is 1. The summed E-state index contributed by atoms with van der Waals surface area (Å²) < 4.78 is 5.90. The van der Waals surface area contributed by atoms with Crippen LogP contribution in [0, 0.1) is 6.92 Å². The molecule has 5 heteroatoms. The summed E-state index contributed by atoms with van der Waals surface area (Å²) in [6.45, 7) is 1.91. The molecule has 2 rings (SSSR count). The Bertz CT molecular complexity index is 656. The molecule has 0 spiro atoms. The van der Waals surface area contributed by atoms with E-state index >= 15 is 0 Å². The third kappa shape index (κ3) is 3.11. The highest BCUT2D eigenvalue weighted by molar-refractivity contribution is 9.10. The van der Waals surface area contributed by atoms with Crippen molar-refractivity contribution in [2.75, 3.05) is 18.2 Å². The van der Waals surface area contributed by atoms with E-state index in [4.69, 9.17) is 10.5 Å². The Kier molecular flexibility index (Phi) is 4.29. The number of nitrogens with one attached hydrogen (secondary N) is 1. The smallest absolute Gasteiger partial charge is 0.255 e. The maximum absolute atomic E-state index is 12.2. The molecule has 3 N–H and O–H groups in total. The van der Waals surface area contributed by atoms with Gasteiger partial charge in [-0.1, -0.05) is 6.07 Å². The van der Waals surface area contributed by atoms with Crippen molar-refractivity contribution < 1.29 is 9.53 Å². The molecule has 4 nitrogen and oxygen atoms in total. The van der Waals surface area contributed by atoms with Crippen LogP contribution in [0.3, 0.4) is 0 Å². The van der Waals surface area contributed by atoms with E-state index in [0.29, 0.717) is 22.7 Å². The fourth-order valence-electron chi connectivity index (χ4n) is 1.74. The standard InChI is InChI=1S/C15H15BrN2O2/c1-9-6-12(16)14(8-13(9)17)18-15(19)10-4-3-5-11(7-10)20-2/h3-8H,17H2,1-2H3,(H,18,19). The molecule has 0 saturated carbocycles. The Morgan fingerprint density at radius 1 is 1.30 bits per heavy atom. The lowest BCUT2D eigenvalue weighted by Gasteiger charge is -2.10. The average molecular weight is 335 g/mol. The van der Waals surface area contributed by atoms with Crippen molar-refractivity contribution in [3.63, 3.8) is 0 Å². The highest BCUT2D eigenvalue weighted by atomic mass is 79.9. The largest absolute Gasteiger partial charge is 0.497 e. The first-order valence-electron chi connectivity index (χ1n) is 6.02. The van der Waals surface area contributed by atoms with E-state index in [1.54, 1.807) is 37.4 Å². The van der Waals surface area contributed by atoms with Crippen LogP contribution in [0.4, 0.5) is 11.4 Å². The van der Waals surface area contributed by atoms with E-state index in [1.807, 2.05) is 13.0 Å². The van der Waals surface area contributed by atoms with Crippen LogP contribution in [0.1, 0.15) is 15.9 Å². The Morgan fingerprint density at radius 3 is 2.75 bits per heavy atom. The first-order valence-corrected chi connectivity index (χ1v) is 6.81. The lowest BCUT2D eigenvalue weighted by atomic mass is 10.1. The second-order valence-corrected chi connectivity index (χ2v) is 5.23. The number of halogens is 1. The second kappa shape index (κ2) is 5.96. The van der Waals surface area contributed by atoms with Crippen LogP contribution < -0.4 is 15.8 Å². The lowest BCUT2D eigenvalue weighted by Crippen LogP contribution is -2.12. The van der Waals surface area contributed by atoms with E-state index in [1.165, 1.54) is 0 Å². The summed E-state index contributed by atoms with van der Waals surface area (Å²) in [6, 6.07) is 10.6. The summed E-state index contributed by atoms with van der Waals surface area (Å²) in [5.74, 6) is 0.424. The number of nitrogens with two attached hydrogens (primary N) is 1. The van der Waals surface area contributed by atoms with Gasteiger partial charge in [-0.3, -0.25) is 4.79 Å². The number of rotatable bonds is 3. The Labute approximate surface area is 126 Å². The zero-order valence-electron chi connectivity index (χ0n) is 11.2. The van der Waals surface area contributed by atoms with E-state index < -0.39 is 0 Å². The predicted molar refractivity (Wildman–Crippen MR) is 84.2 cm³/mol.